The van der Waals surface area contributed by atoms with Crippen molar-refractivity contribution in [2.45, 2.75) is 94.8 Å². The molecule has 3 amide bonds. The van der Waals surface area contributed by atoms with Crippen LogP contribution < -0.4 is 16.4 Å². The molecule has 0 aromatic heterocycles. The molecule has 0 aromatic carbocycles. The van der Waals surface area contributed by atoms with Gasteiger partial charge in [0.05, 0.1) is 12.6 Å². The molecule has 0 aromatic rings. The Balaban J connectivity index is 1.46. The number of nitrogens with one attached hydrogen (secondary N) is 2. The van der Waals surface area contributed by atoms with Crippen molar-refractivity contribution in [2.24, 2.45) is 11.7 Å². The number of carbonyl (C=O) groups is 3. The molecule has 2 saturated heterocycles. The van der Waals surface area contributed by atoms with E-state index in [0.717, 1.165) is 63.0 Å². The third-order valence-corrected chi connectivity index (χ3v) is 9.05. The molecule has 0 spiro atoms. The van der Waals surface area contributed by atoms with Gasteiger partial charge in [0.1, 0.15) is 12.3 Å². The molecule has 186 valence electrons. The predicted molar refractivity (Wildman–Crippen MR) is 126 cm³/mol. The first-order valence-corrected chi connectivity index (χ1v) is 13.6. The van der Waals surface area contributed by atoms with Crippen LogP contribution in [0.4, 0.5) is 4.39 Å². The summed E-state index contributed by atoms with van der Waals surface area (Å²) in [5.41, 5.74) is 5.64. The zero-order valence-corrected chi connectivity index (χ0v) is 20.3. The van der Waals surface area contributed by atoms with Gasteiger partial charge in [0.25, 0.3) is 0 Å². The molecule has 10 heteroatoms. The van der Waals surface area contributed by atoms with Crippen molar-refractivity contribution in [3.8, 4) is 0 Å². The van der Waals surface area contributed by atoms with Crippen LogP contribution in [0, 0.1) is 5.92 Å². The molecule has 33 heavy (non-hydrogen) atoms. The van der Waals surface area contributed by atoms with Gasteiger partial charge in [0, 0.05) is 31.6 Å². The maximum Gasteiger partial charge on any atom is 0.249 e. The van der Waals surface area contributed by atoms with Gasteiger partial charge in [-0.15, -0.1) is 0 Å². The highest BCUT2D eigenvalue weighted by Gasteiger charge is 2.49. The monoisotopic (exact) mass is 483 g/mol. The maximum atomic E-state index is 14.6. The molecule has 8 nitrogen and oxygen atoms in total. The van der Waals surface area contributed by atoms with Gasteiger partial charge < -0.3 is 16.0 Å². The Morgan fingerprint density at radius 3 is 2.55 bits per heavy atom. The predicted octanol–water partition coefficient (Wildman–Crippen LogP) is 0.991. The van der Waals surface area contributed by atoms with Crippen LogP contribution in [0.1, 0.15) is 58.3 Å². The molecule has 2 aliphatic carbocycles. The number of nitrogens with two attached hydrogens (primary N) is 1. The third kappa shape index (κ3) is 5.82. The average molecular weight is 484 g/mol. The Labute approximate surface area is 199 Å². The molecule has 2 aliphatic heterocycles. The van der Waals surface area contributed by atoms with E-state index in [9.17, 15) is 18.8 Å². The highest BCUT2D eigenvalue weighted by atomic mass is 32.2. The Kier molecular flexibility index (Phi) is 8.17. The van der Waals surface area contributed by atoms with Gasteiger partial charge in [-0.3, -0.25) is 24.6 Å². The minimum Gasteiger partial charge on any atom is -0.367 e. The van der Waals surface area contributed by atoms with Gasteiger partial charge in [-0.1, -0.05) is 0 Å². The molecular weight excluding hydrogens is 445 g/mol. The average Bonchev–Trinajstić information content (AvgIpc) is 3.41. The quantitative estimate of drug-likeness (QED) is 0.499. The summed E-state index contributed by atoms with van der Waals surface area (Å²) < 4.78 is 14.6. The van der Waals surface area contributed by atoms with Crippen LogP contribution in [-0.2, 0) is 14.4 Å². The van der Waals surface area contributed by atoms with Gasteiger partial charge in [0.2, 0.25) is 17.7 Å². The van der Waals surface area contributed by atoms with Crippen molar-refractivity contribution in [3.63, 3.8) is 0 Å². The van der Waals surface area contributed by atoms with Gasteiger partial charge in [-0.25, -0.2) is 4.39 Å². The standard InChI is InChI=1S/C23H38FN5O3S/c1-14(30)26-16-5-7-17(8-6-16)28(11-15-9-10-33-13-15)20(31)12-29-19-4-2-3-18(24)21(19)27-23(29)22(25)32/h15-19,21,23,27H,2-13H2,1H3,(H2,25,32)(H,26,30). The number of hydrogen-bond donors (Lipinski definition) is 3. The molecule has 4 fully saturated rings. The summed E-state index contributed by atoms with van der Waals surface area (Å²) in [5.74, 6) is 2.11. The molecule has 0 bridgehead atoms. The van der Waals surface area contributed by atoms with E-state index in [2.05, 4.69) is 10.6 Å². The van der Waals surface area contributed by atoms with Crippen molar-refractivity contribution in [2.75, 3.05) is 24.6 Å². The Morgan fingerprint density at radius 1 is 1.15 bits per heavy atom. The zero-order chi connectivity index (χ0) is 23.5. The molecule has 2 saturated carbocycles. The largest absolute Gasteiger partial charge is 0.367 e. The number of carbonyl (C=O) groups excluding carboxylic acids is 3. The first kappa shape index (κ1) is 24.7. The van der Waals surface area contributed by atoms with Crippen molar-refractivity contribution < 1.29 is 18.8 Å². The lowest BCUT2D eigenvalue weighted by atomic mass is 9.88. The third-order valence-electron chi connectivity index (χ3n) is 7.82. The fourth-order valence-corrected chi connectivity index (χ4v) is 7.43. The summed E-state index contributed by atoms with van der Waals surface area (Å²) in [6.07, 6.45) is 4.68. The minimum absolute atomic E-state index is 0.00422. The van der Waals surface area contributed by atoms with Crippen molar-refractivity contribution in [1.82, 2.24) is 20.4 Å². The van der Waals surface area contributed by atoms with E-state index in [4.69, 9.17) is 5.73 Å². The summed E-state index contributed by atoms with van der Waals surface area (Å²) in [6, 6.07) is -0.331. The Morgan fingerprint density at radius 2 is 1.91 bits per heavy atom. The first-order valence-electron chi connectivity index (χ1n) is 12.4. The van der Waals surface area contributed by atoms with E-state index in [1.807, 2.05) is 21.6 Å². The van der Waals surface area contributed by atoms with Crippen LogP contribution in [0.3, 0.4) is 0 Å². The lowest BCUT2D eigenvalue weighted by Gasteiger charge is -2.40. The zero-order valence-electron chi connectivity index (χ0n) is 19.5. The second-order valence-corrected chi connectivity index (χ2v) is 11.3. The number of halogens is 1. The van der Waals surface area contributed by atoms with Crippen molar-refractivity contribution in [3.05, 3.63) is 0 Å². The van der Waals surface area contributed by atoms with Crippen molar-refractivity contribution >= 4 is 29.5 Å². The molecule has 0 radical (unpaired) electrons. The van der Waals surface area contributed by atoms with Gasteiger partial charge in [-0.2, -0.15) is 11.8 Å². The van der Waals surface area contributed by atoms with E-state index in [1.54, 1.807) is 6.92 Å². The van der Waals surface area contributed by atoms with Crippen LogP contribution in [0.5, 0.6) is 0 Å². The van der Waals surface area contributed by atoms with E-state index in [-0.39, 0.29) is 36.5 Å². The fourth-order valence-electron chi connectivity index (χ4n) is 6.16. The number of amides is 3. The number of thioether (sulfide) groups is 1. The number of hydrogen-bond acceptors (Lipinski definition) is 6. The molecule has 2 heterocycles. The van der Waals surface area contributed by atoms with Crippen LogP contribution in [-0.4, -0.2) is 88.6 Å². The number of fused-ring (bicyclic) bond motifs is 1. The van der Waals surface area contributed by atoms with E-state index < -0.39 is 24.3 Å². The van der Waals surface area contributed by atoms with Crippen LogP contribution in [0.25, 0.3) is 0 Å². The SMILES string of the molecule is CC(=O)NC1CCC(N(CC2CCSC2)C(=O)CN2C(C(N)=O)NC3C(F)CCCC32)CC1. The van der Waals surface area contributed by atoms with Crippen LogP contribution in [0.2, 0.25) is 0 Å². The summed E-state index contributed by atoms with van der Waals surface area (Å²) in [7, 11) is 0. The molecular formula is C23H38FN5O3S. The summed E-state index contributed by atoms with van der Waals surface area (Å²) in [6.45, 7) is 2.35. The lowest BCUT2D eigenvalue weighted by molar-refractivity contribution is -0.138. The number of alkyl halides is 1. The van der Waals surface area contributed by atoms with Crippen LogP contribution in [0.15, 0.2) is 0 Å². The first-order chi connectivity index (χ1) is 15.8. The fraction of sp³-hybridized carbons (Fsp3) is 0.870. The maximum absolute atomic E-state index is 14.6. The summed E-state index contributed by atoms with van der Waals surface area (Å²) in [5, 5.41) is 6.08. The number of primary amides is 1. The minimum atomic E-state index is -1.03. The molecule has 4 aliphatic rings. The van der Waals surface area contributed by atoms with Gasteiger partial charge in [0.15, 0.2) is 0 Å². The normalized spacial score (nSPS) is 36.8. The lowest BCUT2D eigenvalue weighted by Crippen LogP contribution is -2.55. The smallest absolute Gasteiger partial charge is 0.249 e. The molecule has 4 rings (SSSR count). The van der Waals surface area contributed by atoms with Crippen LogP contribution >= 0.6 is 11.8 Å². The molecule has 5 unspecified atom stereocenters. The van der Waals surface area contributed by atoms with Crippen molar-refractivity contribution in [1.29, 1.82) is 0 Å². The highest BCUT2D eigenvalue weighted by molar-refractivity contribution is 7.99. The van der Waals surface area contributed by atoms with Gasteiger partial charge in [-0.05, 0) is 68.8 Å². The Bertz CT molecular complexity index is 729. The van der Waals surface area contributed by atoms with Gasteiger partial charge >= 0.3 is 0 Å². The second-order valence-electron chi connectivity index (χ2n) is 10.2. The molecule has 5 atom stereocenters. The van der Waals surface area contributed by atoms with E-state index in [1.165, 1.54) is 0 Å². The topological polar surface area (TPSA) is 108 Å². The van der Waals surface area contributed by atoms with E-state index in [0.29, 0.717) is 12.3 Å². The highest BCUT2D eigenvalue weighted by Crippen LogP contribution is 2.33. The van der Waals surface area contributed by atoms with E-state index >= 15 is 0 Å². The second kappa shape index (κ2) is 10.9. The summed E-state index contributed by atoms with van der Waals surface area (Å²) >= 11 is 1.93. The summed E-state index contributed by atoms with van der Waals surface area (Å²) in [4.78, 5) is 41.1. The number of rotatable bonds is 7. The Hall–Kier alpha value is -1.39. The number of nitrogens with zero attached hydrogens (tertiary/aromatic N) is 2. The molecule has 4 N–H and O–H groups in total.